The maximum Gasteiger partial charge on any atom is 0.329 e. The summed E-state index contributed by atoms with van der Waals surface area (Å²) in [5.41, 5.74) is 2.24. The zero-order chi connectivity index (χ0) is 39.9. The molecule has 54 heavy (non-hydrogen) atoms. The van der Waals surface area contributed by atoms with Crippen molar-refractivity contribution < 1.29 is 48.7 Å². The second kappa shape index (κ2) is 19.6. The van der Waals surface area contributed by atoms with Crippen molar-refractivity contribution in [1.82, 2.24) is 4.90 Å². The fourth-order valence-electron chi connectivity index (χ4n) is 9.16. The number of aliphatic hydroxyl groups is 3. The molecule has 4 rings (SSSR count). The Kier molecular flexibility index (Phi) is 16.0. The summed E-state index contributed by atoms with van der Waals surface area (Å²) in [4.78, 5) is 43.8. The van der Waals surface area contributed by atoms with Gasteiger partial charge in [0.25, 0.3) is 11.7 Å². The number of esters is 1. The van der Waals surface area contributed by atoms with Gasteiger partial charge in [-0.2, -0.15) is 0 Å². The number of amides is 1. The van der Waals surface area contributed by atoms with Gasteiger partial charge in [0.1, 0.15) is 18.2 Å². The molecule has 0 aromatic rings. The molecule has 1 saturated carbocycles. The van der Waals surface area contributed by atoms with Gasteiger partial charge in [-0.05, 0) is 102 Å². The highest BCUT2D eigenvalue weighted by Gasteiger charge is 2.56. The van der Waals surface area contributed by atoms with E-state index in [2.05, 4.69) is 19.1 Å². The molecule has 12 heteroatoms. The van der Waals surface area contributed by atoms with Crippen LogP contribution >= 0.6 is 0 Å². The monoisotopic (exact) mass is 760 g/mol. The largest absolute Gasteiger partial charge is 0.456 e. The molecule has 3 aliphatic heterocycles. The minimum absolute atomic E-state index is 0.0868. The molecule has 306 valence electrons. The number of hydrogen-bond donors (Lipinski definition) is 4. The highest BCUT2D eigenvalue weighted by atomic mass is 16.7. The third kappa shape index (κ3) is 10.5. The van der Waals surface area contributed by atoms with Crippen LogP contribution in [0.25, 0.3) is 0 Å². The Balaban J connectivity index is 1.76. The summed E-state index contributed by atoms with van der Waals surface area (Å²) < 4.78 is 24.3. The second-order valence-electron chi connectivity index (χ2n) is 16.9. The summed E-state index contributed by atoms with van der Waals surface area (Å²) in [6.07, 6.45) is 6.66. The molecule has 1 aliphatic carbocycles. The molecule has 2 saturated heterocycles. The summed E-state index contributed by atoms with van der Waals surface area (Å²) in [7, 11) is 3.10. The minimum atomic E-state index is -2.47. The van der Waals surface area contributed by atoms with E-state index in [-0.39, 0.29) is 49.7 Å². The van der Waals surface area contributed by atoms with Crippen LogP contribution in [0, 0.1) is 35.0 Å². The lowest BCUT2D eigenvalue weighted by Crippen LogP contribution is -2.64. The highest BCUT2D eigenvalue weighted by Crippen LogP contribution is 2.39. The van der Waals surface area contributed by atoms with Gasteiger partial charge in [-0.15, -0.1) is 0 Å². The average molecular weight is 761 g/mol. The van der Waals surface area contributed by atoms with Gasteiger partial charge in [-0.1, -0.05) is 45.4 Å². The first-order valence-electron chi connectivity index (χ1n) is 20.3. The molecule has 1 amide bonds. The van der Waals surface area contributed by atoms with Crippen molar-refractivity contribution in [3.8, 4) is 0 Å². The predicted octanol–water partition coefficient (Wildman–Crippen LogP) is 5.30. The molecule has 2 bridgehead atoms. The molecule has 11 atom stereocenters. The first kappa shape index (κ1) is 44.2. The van der Waals surface area contributed by atoms with Crippen molar-refractivity contribution in [1.29, 1.82) is 5.41 Å². The zero-order valence-electron chi connectivity index (χ0n) is 33.9. The molecular weight excluding hydrogens is 692 g/mol. The molecule has 4 N–H and O–H groups in total. The maximum atomic E-state index is 14.2. The minimum Gasteiger partial charge on any atom is -0.456 e. The number of aliphatic hydroxyl groups excluding tert-OH is 2. The standard InChI is InChI=1S/C42H68N2O10/c1-9-30-19-24(2)18-25(3)20-35(51-7)38-36(52-8)22-27(5)42(50,54-38)39(47)40(48)44-17-11-10-12-33(44)41(49)53-37(28(6)34(46)23-32(30)43)26(4)21-29-13-15-31(45)16-14-29/h19,21,25,27-31,33-38,43,45-46,50H,9-18,20,22-23H2,1-8H3/b24-19+,26-21+,43-32?/t25-,27+,28+,29?,30+,31?,33-,34-,35-,36-,37+,38+,42+/m0/s1. The third-order valence-electron chi connectivity index (χ3n) is 12.6. The van der Waals surface area contributed by atoms with Crippen LogP contribution in [-0.2, 0) is 33.3 Å². The van der Waals surface area contributed by atoms with Gasteiger partial charge in [0, 0.05) is 50.7 Å². The third-order valence-corrected chi connectivity index (χ3v) is 12.6. The van der Waals surface area contributed by atoms with E-state index in [1.54, 1.807) is 21.1 Å². The summed E-state index contributed by atoms with van der Waals surface area (Å²) in [6, 6.07) is -1.08. The van der Waals surface area contributed by atoms with Crippen molar-refractivity contribution >= 4 is 23.4 Å². The Bertz CT molecular complexity index is 1370. The van der Waals surface area contributed by atoms with E-state index in [0.717, 1.165) is 24.0 Å². The Labute approximate surface area is 322 Å². The van der Waals surface area contributed by atoms with Crippen LogP contribution in [0.1, 0.15) is 119 Å². The van der Waals surface area contributed by atoms with Crippen molar-refractivity contribution in [2.24, 2.45) is 29.6 Å². The van der Waals surface area contributed by atoms with Crippen LogP contribution in [0.15, 0.2) is 23.3 Å². The zero-order valence-corrected chi connectivity index (χ0v) is 33.9. The van der Waals surface area contributed by atoms with Crippen molar-refractivity contribution in [2.75, 3.05) is 20.8 Å². The van der Waals surface area contributed by atoms with E-state index in [1.165, 1.54) is 4.90 Å². The number of Topliss-reactive ketones (excluding diaryl/α,β-unsaturated/α-hetero) is 1. The van der Waals surface area contributed by atoms with E-state index >= 15 is 0 Å². The summed E-state index contributed by atoms with van der Waals surface area (Å²) >= 11 is 0. The van der Waals surface area contributed by atoms with Crippen molar-refractivity contribution in [2.45, 2.75) is 167 Å². The number of nitrogens with zero attached hydrogens (tertiary/aromatic N) is 1. The fraction of sp³-hybridized carbons (Fsp3) is 0.810. The summed E-state index contributed by atoms with van der Waals surface area (Å²) in [6.45, 7) is 11.6. The van der Waals surface area contributed by atoms with Crippen LogP contribution < -0.4 is 0 Å². The topological polar surface area (TPSA) is 176 Å². The average Bonchev–Trinajstić information content (AvgIpc) is 3.15. The molecule has 3 heterocycles. The number of allylic oxidation sites excluding steroid dienone is 3. The smallest absolute Gasteiger partial charge is 0.329 e. The number of rotatable bonds is 5. The number of fused-ring (bicyclic) bond motifs is 3. The number of ketones is 1. The maximum absolute atomic E-state index is 14.2. The molecular formula is C42H68N2O10. The van der Waals surface area contributed by atoms with Crippen LogP contribution in [0.3, 0.4) is 0 Å². The van der Waals surface area contributed by atoms with E-state index in [1.807, 2.05) is 27.7 Å². The SMILES string of the molecule is CC[C@@H]1/C=C(\C)C[C@H](C)C[C@H](OC)[C@H]2O[C@@](O)(C(=O)C(=O)N3CCCC[C@H]3C(=O)O[C@H](/C(C)=C/C3CCC(O)CC3)[C@H](C)[C@@H](O)CC1=N)[C@H](C)C[C@@H]2OC. The van der Waals surface area contributed by atoms with Gasteiger partial charge in [0.05, 0.1) is 24.4 Å². The fourth-order valence-corrected chi connectivity index (χ4v) is 9.16. The molecule has 3 fully saturated rings. The number of piperidine rings is 1. The lowest BCUT2D eigenvalue weighted by Gasteiger charge is -2.47. The van der Waals surface area contributed by atoms with Gasteiger partial charge in [-0.3, -0.25) is 9.59 Å². The van der Waals surface area contributed by atoms with Gasteiger partial charge < -0.3 is 44.6 Å². The van der Waals surface area contributed by atoms with Crippen LogP contribution in [0.2, 0.25) is 0 Å². The number of cyclic esters (lactones) is 1. The Morgan fingerprint density at radius 2 is 1.65 bits per heavy atom. The first-order chi connectivity index (χ1) is 25.5. The molecule has 12 nitrogen and oxygen atoms in total. The van der Waals surface area contributed by atoms with E-state index < -0.39 is 71.8 Å². The Morgan fingerprint density at radius 1 is 1.00 bits per heavy atom. The number of nitrogens with one attached hydrogen (secondary N) is 1. The number of hydrogen-bond acceptors (Lipinski definition) is 11. The number of methoxy groups -OCH3 is 2. The summed E-state index contributed by atoms with van der Waals surface area (Å²) in [5, 5.41) is 42.8. The Hall–Kier alpha value is -2.48. The molecule has 0 spiro atoms. The molecule has 0 aromatic carbocycles. The van der Waals surface area contributed by atoms with Crippen LogP contribution in [0.4, 0.5) is 0 Å². The second-order valence-corrected chi connectivity index (χ2v) is 16.9. The van der Waals surface area contributed by atoms with E-state index in [0.29, 0.717) is 50.7 Å². The highest BCUT2D eigenvalue weighted by molar-refractivity contribution is 6.39. The lowest BCUT2D eigenvalue weighted by molar-refractivity contribution is -0.302. The lowest BCUT2D eigenvalue weighted by atomic mass is 9.82. The van der Waals surface area contributed by atoms with Gasteiger partial charge in [0.2, 0.25) is 5.79 Å². The van der Waals surface area contributed by atoms with Gasteiger partial charge >= 0.3 is 5.97 Å². The molecule has 0 unspecified atom stereocenters. The predicted molar refractivity (Wildman–Crippen MR) is 205 cm³/mol. The normalized spacial score (nSPS) is 41.3. The van der Waals surface area contributed by atoms with Crippen molar-refractivity contribution in [3.63, 3.8) is 0 Å². The summed E-state index contributed by atoms with van der Waals surface area (Å²) in [5.74, 6) is -6.64. The van der Waals surface area contributed by atoms with Gasteiger partial charge in [-0.25, -0.2) is 4.79 Å². The van der Waals surface area contributed by atoms with E-state index in [9.17, 15) is 29.7 Å². The van der Waals surface area contributed by atoms with Gasteiger partial charge in [0.15, 0.2) is 0 Å². The first-order valence-corrected chi connectivity index (χ1v) is 20.3. The van der Waals surface area contributed by atoms with Crippen LogP contribution in [0.5, 0.6) is 0 Å². The van der Waals surface area contributed by atoms with E-state index in [4.69, 9.17) is 24.4 Å². The molecule has 4 aliphatic rings. The number of carbonyl (C=O) groups excluding carboxylic acids is 3. The number of carbonyl (C=O) groups is 3. The Morgan fingerprint density at radius 3 is 2.28 bits per heavy atom. The molecule has 0 radical (unpaired) electrons. The van der Waals surface area contributed by atoms with Crippen molar-refractivity contribution in [3.05, 3.63) is 23.3 Å². The quantitative estimate of drug-likeness (QED) is 0.164. The molecule has 0 aromatic heterocycles. The van der Waals surface area contributed by atoms with Crippen LogP contribution in [-0.4, -0.2) is 113 Å². The number of ether oxygens (including phenoxy) is 4.